The third-order valence-electron chi connectivity index (χ3n) is 14.7. The van der Waals surface area contributed by atoms with Gasteiger partial charge in [-0.3, -0.25) is 4.99 Å². The lowest BCUT2D eigenvalue weighted by Crippen LogP contribution is -2.51. The van der Waals surface area contributed by atoms with E-state index in [4.69, 9.17) is 46.6 Å². The van der Waals surface area contributed by atoms with E-state index in [9.17, 15) is 14.4 Å². The third kappa shape index (κ3) is 15.7. The van der Waals surface area contributed by atoms with Crippen molar-refractivity contribution in [2.45, 2.75) is 163 Å². The molecule has 16 nitrogen and oxygen atoms in total. The molecule has 0 bridgehead atoms. The van der Waals surface area contributed by atoms with Crippen molar-refractivity contribution < 1.29 is 38.1 Å². The summed E-state index contributed by atoms with van der Waals surface area (Å²) in [6, 6.07) is -0.849. The van der Waals surface area contributed by atoms with Crippen LogP contribution in [0.25, 0.3) is 0 Å². The fourth-order valence-corrected chi connectivity index (χ4v) is 11.5. The third-order valence-corrected chi connectivity index (χ3v) is 14.7. The van der Waals surface area contributed by atoms with Crippen molar-refractivity contribution in [1.82, 2.24) is 10.6 Å². The minimum atomic E-state index is -0.954. The quantitative estimate of drug-likeness (QED) is 0.0107. The molecule has 10 N–H and O–H groups in total. The summed E-state index contributed by atoms with van der Waals surface area (Å²) in [5.41, 5.74) is 23.8. The second-order valence-corrected chi connectivity index (χ2v) is 20.0. The molecule has 0 heterocycles. The Labute approximate surface area is 377 Å². The number of alkyl carbamates (subject to hydrolysis) is 2. The van der Waals surface area contributed by atoms with Crippen molar-refractivity contribution in [1.29, 1.82) is 0 Å². The molecule has 63 heavy (non-hydrogen) atoms. The highest BCUT2D eigenvalue weighted by Gasteiger charge is 2.59. The molecule has 0 spiro atoms. The number of aliphatic imine (C=N–C) groups is 2. The topological polar surface area (TPSA) is 250 Å². The van der Waals surface area contributed by atoms with E-state index in [1.54, 1.807) is 13.8 Å². The molecular formula is C47H84N8O8. The number of nitrogens with zero attached hydrogens (tertiary/aromatic N) is 2. The van der Waals surface area contributed by atoms with Crippen LogP contribution in [0.1, 0.15) is 145 Å². The van der Waals surface area contributed by atoms with Gasteiger partial charge in [0, 0.05) is 32.5 Å². The number of esters is 1. The predicted octanol–water partition coefficient (Wildman–Crippen LogP) is 6.64. The number of unbranched alkanes of at least 4 members (excludes halogenated alkanes) is 1. The zero-order chi connectivity index (χ0) is 46.2. The monoisotopic (exact) mass is 889 g/mol. The number of carbonyl (C=O) groups excluding carboxylic acids is 3. The normalized spacial score (nSPS) is 27.4. The smallest absolute Gasteiger partial charge is 0.407 e. The highest BCUT2D eigenvalue weighted by Crippen LogP contribution is 2.67. The van der Waals surface area contributed by atoms with Crippen molar-refractivity contribution in [3.05, 3.63) is 11.6 Å². The molecule has 2 amide bonds. The number of hydrogen-bond acceptors (Lipinski definition) is 10. The largest absolute Gasteiger partial charge is 0.464 e. The van der Waals surface area contributed by atoms with E-state index < -0.39 is 30.0 Å². The average molecular weight is 889 g/mol. The maximum absolute atomic E-state index is 12.9. The van der Waals surface area contributed by atoms with E-state index in [2.05, 4.69) is 61.3 Å². The molecule has 16 heteroatoms. The van der Waals surface area contributed by atoms with Crippen molar-refractivity contribution in [3.8, 4) is 0 Å². The lowest BCUT2D eigenvalue weighted by Gasteiger charge is -2.58. The SMILES string of the molecule is CC(C)CCCC(C)C1CCC2C3CC=C4CC(OC(=O)NCCOC(C)(C)OCCNC(=O)OCCCOC(=O)C(CCCCN=C(N)N)N=C(N)N)CCC4(C)C3CCC12C. The van der Waals surface area contributed by atoms with Crippen LogP contribution in [0.2, 0.25) is 0 Å². The van der Waals surface area contributed by atoms with Crippen LogP contribution in [0.4, 0.5) is 9.59 Å². The Bertz CT molecular complexity index is 1560. The van der Waals surface area contributed by atoms with Gasteiger partial charge in [0.15, 0.2) is 23.7 Å². The molecule has 4 rings (SSSR count). The Kier molecular flexibility index (Phi) is 20.1. The Balaban J connectivity index is 1.06. The van der Waals surface area contributed by atoms with Crippen LogP contribution in [0, 0.1) is 46.3 Å². The maximum Gasteiger partial charge on any atom is 0.407 e. The number of nitrogens with one attached hydrogen (secondary N) is 2. The number of allylic oxidation sites excluding steroid dienone is 1. The summed E-state index contributed by atoms with van der Waals surface area (Å²) < 4.78 is 28.0. The van der Waals surface area contributed by atoms with Crippen molar-refractivity contribution in [3.63, 3.8) is 0 Å². The van der Waals surface area contributed by atoms with Gasteiger partial charge in [-0.2, -0.15) is 0 Å². The highest BCUT2D eigenvalue weighted by atomic mass is 16.7. The first-order valence-electron chi connectivity index (χ1n) is 24.0. The number of carbonyl (C=O) groups is 3. The standard InChI is InChI=1S/C47H84N8O8/c1-31(2)12-10-13-32(3)36-17-18-37-35-16-15-33-30-34(19-21-46(33,6)38(35)20-22-47(36,37)7)63-44(58)54-25-29-62-45(4,5)61-28-24-53-43(57)60-27-11-26-59-40(56)39(55-42(50)51)14-8-9-23-52-41(48)49/h15,31-32,34-39H,8-14,16-30H2,1-7H3,(H,53,57)(H,54,58)(H4,48,49,52)(H4,50,51,55). The zero-order valence-corrected chi connectivity index (χ0v) is 39.7. The average Bonchev–Trinajstić information content (AvgIpc) is 3.57. The lowest BCUT2D eigenvalue weighted by molar-refractivity contribution is -0.211. The molecule has 0 aromatic heterocycles. The molecule has 0 aliphatic heterocycles. The molecule has 9 unspecified atom stereocenters. The van der Waals surface area contributed by atoms with E-state index in [0.29, 0.717) is 31.2 Å². The lowest BCUT2D eigenvalue weighted by atomic mass is 9.47. The van der Waals surface area contributed by atoms with Crippen molar-refractivity contribution in [2.75, 3.05) is 46.1 Å². The molecule has 360 valence electrons. The van der Waals surface area contributed by atoms with Crippen LogP contribution in [0.3, 0.4) is 0 Å². The summed E-state index contributed by atoms with van der Waals surface area (Å²) in [7, 11) is 0. The molecule has 0 aromatic carbocycles. The van der Waals surface area contributed by atoms with E-state index in [0.717, 1.165) is 54.8 Å². The van der Waals surface area contributed by atoms with Gasteiger partial charge in [0.25, 0.3) is 0 Å². The van der Waals surface area contributed by atoms with Gasteiger partial charge in [-0.25, -0.2) is 19.4 Å². The summed E-state index contributed by atoms with van der Waals surface area (Å²) in [6.07, 6.45) is 16.8. The van der Waals surface area contributed by atoms with Crippen LogP contribution >= 0.6 is 0 Å². The van der Waals surface area contributed by atoms with Crippen molar-refractivity contribution in [2.24, 2.45) is 79.3 Å². The number of amides is 2. The van der Waals surface area contributed by atoms with Crippen LogP contribution < -0.4 is 33.6 Å². The molecule has 0 radical (unpaired) electrons. The molecule has 0 aromatic rings. The summed E-state index contributed by atoms with van der Waals surface area (Å²) >= 11 is 0. The molecule has 3 fully saturated rings. The Hall–Kier alpha value is -3.79. The summed E-state index contributed by atoms with van der Waals surface area (Å²) in [4.78, 5) is 45.3. The molecule has 3 saturated carbocycles. The first-order valence-corrected chi connectivity index (χ1v) is 24.0. The second-order valence-electron chi connectivity index (χ2n) is 20.0. The zero-order valence-electron chi connectivity index (χ0n) is 39.7. The maximum atomic E-state index is 12.9. The second kappa shape index (κ2) is 24.5. The van der Waals surface area contributed by atoms with E-state index in [1.807, 2.05) is 0 Å². The van der Waals surface area contributed by atoms with Crippen LogP contribution in [0.15, 0.2) is 21.6 Å². The van der Waals surface area contributed by atoms with Gasteiger partial charge in [0.1, 0.15) is 6.10 Å². The first-order chi connectivity index (χ1) is 29.8. The number of guanidine groups is 2. The summed E-state index contributed by atoms with van der Waals surface area (Å²) in [5, 5.41) is 5.46. The summed E-state index contributed by atoms with van der Waals surface area (Å²) in [5.74, 6) is 3.07. The number of fused-ring (bicyclic) bond motifs is 5. The van der Waals surface area contributed by atoms with Gasteiger partial charge in [-0.05, 0) is 124 Å². The van der Waals surface area contributed by atoms with Gasteiger partial charge < -0.3 is 57.3 Å². The minimum absolute atomic E-state index is 0.00514. The fraction of sp³-hybridized carbons (Fsp3) is 0.851. The van der Waals surface area contributed by atoms with Crippen LogP contribution in [-0.2, 0) is 28.5 Å². The molecule has 4 aliphatic carbocycles. The fourth-order valence-electron chi connectivity index (χ4n) is 11.5. The minimum Gasteiger partial charge on any atom is -0.464 e. The van der Waals surface area contributed by atoms with Crippen LogP contribution in [-0.4, -0.2) is 94.1 Å². The molecular weight excluding hydrogens is 805 g/mol. The first kappa shape index (κ1) is 51.8. The van der Waals surface area contributed by atoms with Gasteiger partial charge in [0.05, 0.1) is 26.4 Å². The number of nitrogens with two attached hydrogens (primary N) is 4. The Morgan fingerprint density at radius 1 is 0.794 bits per heavy atom. The van der Waals surface area contributed by atoms with Gasteiger partial charge in [0.2, 0.25) is 0 Å². The number of rotatable bonds is 25. The molecule has 4 aliphatic rings. The van der Waals surface area contributed by atoms with E-state index in [-0.39, 0.29) is 69.4 Å². The van der Waals surface area contributed by atoms with Gasteiger partial charge in [-0.15, -0.1) is 0 Å². The molecule has 9 atom stereocenters. The Morgan fingerprint density at radius 2 is 1.49 bits per heavy atom. The Morgan fingerprint density at radius 3 is 2.17 bits per heavy atom. The van der Waals surface area contributed by atoms with E-state index >= 15 is 0 Å². The van der Waals surface area contributed by atoms with Gasteiger partial charge in [-0.1, -0.05) is 65.5 Å². The summed E-state index contributed by atoms with van der Waals surface area (Å²) in [6.45, 7) is 17.3. The van der Waals surface area contributed by atoms with Crippen molar-refractivity contribution >= 4 is 30.1 Å². The predicted molar refractivity (Wildman–Crippen MR) is 246 cm³/mol. The van der Waals surface area contributed by atoms with Crippen LogP contribution in [0.5, 0.6) is 0 Å². The van der Waals surface area contributed by atoms with Gasteiger partial charge >= 0.3 is 18.2 Å². The highest BCUT2D eigenvalue weighted by molar-refractivity contribution is 5.82. The number of hydrogen-bond donors (Lipinski definition) is 6. The van der Waals surface area contributed by atoms with E-state index in [1.165, 1.54) is 56.9 Å². The number of ether oxygens (including phenoxy) is 5. The molecule has 0 saturated heterocycles.